The average molecular weight is 295 g/mol. The van der Waals surface area contributed by atoms with Crippen molar-refractivity contribution in [3.8, 4) is 0 Å². The second-order valence-corrected chi connectivity index (χ2v) is 4.57. The Kier molecular flexibility index (Phi) is 3.33. The van der Waals surface area contributed by atoms with Crippen LogP contribution in [0.25, 0.3) is 0 Å². The van der Waals surface area contributed by atoms with E-state index in [4.69, 9.17) is 5.73 Å². The van der Waals surface area contributed by atoms with Gasteiger partial charge in [-0.25, -0.2) is 4.39 Å². The fourth-order valence-electron chi connectivity index (χ4n) is 1.63. The molecule has 0 saturated heterocycles. The van der Waals surface area contributed by atoms with E-state index in [-0.39, 0.29) is 5.82 Å². The van der Waals surface area contributed by atoms with E-state index in [1.807, 2.05) is 42.3 Å². The van der Waals surface area contributed by atoms with Crippen LogP contribution in [0, 0.1) is 5.82 Å². The van der Waals surface area contributed by atoms with E-state index >= 15 is 0 Å². The molecule has 0 radical (unpaired) electrons. The number of nitrogen functional groups attached to an aromatic ring is 1. The normalized spacial score (nSPS) is 10.3. The van der Waals surface area contributed by atoms with Crippen LogP contribution in [0.3, 0.4) is 0 Å². The second-order valence-electron chi connectivity index (χ2n) is 3.72. The summed E-state index contributed by atoms with van der Waals surface area (Å²) in [6, 6.07) is 12.7. The molecule has 0 saturated carbocycles. The van der Waals surface area contributed by atoms with Gasteiger partial charge in [0.2, 0.25) is 0 Å². The number of nitrogens with zero attached hydrogens (tertiary/aromatic N) is 1. The van der Waals surface area contributed by atoms with Crippen molar-refractivity contribution in [2.24, 2.45) is 0 Å². The zero-order valence-corrected chi connectivity index (χ0v) is 10.9. The van der Waals surface area contributed by atoms with Crippen molar-refractivity contribution in [3.63, 3.8) is 0 Å². The molecule has 0 aliphatic heterocycles. The first-order valence-corrected chi connectivity index (χ1v) is 5.92. The van der Waals surface area contributed by atoms with Crippen LogP contribution in [0.1, 0.15) is 0 Å². The average Bonchev–Trinajstić information content (AvgIpc) is 2.34. The molecule has 0 bridgehead atoms. The third kappa shape index (κ3) is 2.42. The molecule has 2 aromatic carbocycles. The first-order chi connectivity index (χ1) is 8.09. The Morgan fingerprint density at radius 3 is 2.47 bits per heavy atom. The molecule has 2 nitrogen and oxygen atoms in total. The van der Waals surface area contributed by atoms with Crippen molar-refractivity contribution >= 4 is 33.0 Å². The molecule has 0 aliphatic rings. The summed E-state index contributed by atoms with van der Waals surface area (Å²) in [5, 5.41) is 0. The summed E-state index contributed by atoms with van der Waals surface area (Å²) in [5.41, 5.74) is 8.03. The number of nitrogens with two attached hydrogens (primary N) is 1. The highest BCUT2D eigenvalue weighted by Crippen LogP contribution is 2.32. The lowest BCUT2D eigenvalue weighted by atomic mass is 10.2. The summed E-state index contributed by atoms with van der Waals surface area (Å²) >= 11 is 3.11. The predicted molar refractivity (Wildman–Crippen MR) is 73.0 cm³/mol. The van der Waals surface area contributed by atoms with Gasteiger partial charge in [0.25, 0.3) is 0 Å². The Morgan fingerprint density at radius 2 is 1.82 bits per heavy atom. The number of para-hydroxylation sites is 1. The van der Waals surface area contributed by atoms with Crippen LogP contribution in [0.2, 0.25) is 0 Å². The summed E-state index contributed by atoms with van der Waals surface area (Å²) in [7, 11) is 1.86. The molecule has 2 rings (SSSR count). The summed E-state index contributed by atoms with van der Waals surface area (Å²) < 4.78 is 13.9. The van der Waals surface area contributed by atoms with Gasteiger partial charge in [-0.2, -0.15) is 0 Å². The quantitative estimate of drug-likeness (QED) is 0.850. The highest BCUT2D eigenvalue weighted by Gasteiger charge is 2.11. The molecule has 88 valence electrons. The van der Waals surface area contributed by atoms with Crippen molar-refractivity contribution in [1.82, 2.24) is 0 Å². The van der Waals surface area contributed by atoms with E-state index in [0.29, 0.717) is 15.8 Å². The second kappa shape index (κ2) is 4.75. The van der Waals surface area contributed by atoms with Gasteiger partial charge in [0.1, 0.15) is 5.82 Å². The fraction of sp³-hybridized carbons (Fsp3) is 0.0769. The van der Waals surface area contributed by atoms with Crippen molar-refractivity contribution in [2.75, 3.05) is 17.7 Å². The Bertz CT molecular complexity index is 528. The summed E-state index contributed by atoms with van der Waals surface area (Å²) in [4.78, 5) is 1.85. The van der Waals surface area contributed by atoms with Gasteiger partial charge in [0.15, 0.2) is 0 Å². The van der Waals surface area contributed by atoms with Crippen molar-refractivity contribution in [1.29, 1.82) is 0 Å². The van der Waals surface area contributed by atoms with Crippen LogP contribution >= 0.6 is 15.9 Å². The smallest absolute Gasteiger partial charge is 0.139 e. The first-order valence-electron chi connectivity index (χ1n) is 5.13. The molecule has 2 N–H and O–H groups in total. The van der Waals surface area contributed by atoms with Gasteiger partial charge in [-0.1, -0.05) is 18.2 Å². The minimum Gasteiger partial charge on any atom is -0.397 e. The standard InChI is InChI=1S/C13H12BrFN2/c1-17(9-5-3-2-4-6-9)13-8-11(15)10(14)7-12(13)16/h2-8H,16H2,1H3. The highest BCUT2D eigenvalue weighted by atomic mass is 79.9. The third-order valence-electron chi connectivity index (χ3n) is 2.57. The lowest BCUT2D eigenvalue weighted by Gasteiger charge is -2.21. The molecule has 0 amide bonds. The topological polar surface area (TPSA) is 29.3 Å². The van der Waals surface area contributed by atoms with Crippen LogP contribution in [0.5, 0.6) is 0 Å². The summed E-state index contributed by atoms with van der Waals surface area (Å²) in [5.74, 6) is -0.322. The molecule has 2 aromatic rings. The molecule has 17 heavy (non-hydrogen) atoms. The predicted octanol–water partition coefficient (Wildman–Crippen LogP) is 3.94. The molecule has 0 unspecified atom stereocenters. The number of benzene rings is 2. The molecule has 0 aromatic heterocycles. The van der Waals surface area contributed by atoms with E-state index in [1.54, 1.807) is 6.07 Å². The lowest BCUT2D eigenvalue weighted by Crippen LogP contribution is -2.11. The maximum atomic E-state index is 13.5. The number of hydrogen-bond acceptors (Lipinski definition) is 2. The Morgan fingerprint density at radius 1 is 1.18 bits per heavy atom. The Balaban J connectivity index is 2.44. The molecule has 4 heteroatoms. The largest absolute Gasteiger partial charge is 0.397 e. The van der Waals surface area contributed by atoms with Gasteiger partial charge in [0.05, 0.1) is 15.8 Å². The van der Waals surface area contributed by atoms with E-state index in [0.717, 1.165) is 5.69 Å². The molecule has 0 fully saturated rings. The fourth-order valence-corrected chi connectivity index (χ4v) is 1.99. The van der Waals surface area contributed by atoms with Crippen LogP contribution in [-0.2, 0) is 0 Å². The maximum Gasteiger partial charge on any atom is 0.139 e. The van der Waals surface area contributed by atoms with Gasteiger partial charge >= 0.3 is 0 Å². The van der Waals surface area contributed by atoms with Gasteiger partial charge in [0, 0.05) is 18.8 Å². The zero-order valence-electron chi connectivity index (χ0n) is 9.32. The van der Waals surface area contributed by atoms with Crippen LogP contribution in [0.15, 0.2) is 46.9 Å². The number of hydrogen-bond donors (Lipinski definition) is 1. The molecule has 0 heterocycles. The van der Waals surface area contributed by atoms with Crippen molar-refractivity contribution in [3.05, 3.63) is 52.8 Å². The number of rotatable bonds is 2. The molecular formula is C13H12BrFN2. The van der Waals surface area contributed by atoms with E-state index in [9.17, 15) is 4.39 Å². The minimum absolute atomic E-state index is 0.322. The van der Waals surface area contributed by atoms with Crippen LogP contribution in [-0.4, -0.2) is 7.05 Å². The highest BCUT2D eigenvalue weighted by molar-refractivity contribution is 9.10. The maximum absolute atomic E-state index is 13.5. The first kappa shape index (κ1) is 11.9. The monoisotopic (exact) mass is 294 g/mol. The van der Waals surface area contributed by atoms with Crippen LogP contribution in [0.4, 0.5) is 21.5 Å². The van der Waals surface area contributed by atoms with Gasteiger partial charge in [-0.3, -0.25) is 0 Å². The molecule has 0 spiro atoms. The lowest BCUT2D eigenvalue weighted by molar-refractivity contribution is 0.621. The van der Waals surface area contributed by atoms with Gasteiger partial charge in [-0.15, -0.1) is 0 Å². The Hall–Kier alpha value is -1.55. The van der Waals surface area contributed by atoms with Gasteiger partial charge in [-0.05, 0) is 34.1 Å². The third-order valence-corrected chi connectivity index (χ3v) is 3.18. The number of anilines is 3. The number of halogens is 2. The molecule has 0 aliphatic carbocycles. The van der Waals surface area contributed by atoms with E-state index in [2.05, 4.69) is 15.9 Å². The minimum atomic E-state index is -0.322. The van der Waals surface area contributed by atoms with Gasteiger partial charge < -0.3 is 10.6 Å². The van der Waals surface area contributed by atoms with E-state index < -0.39 is 0 Å². The Labute approximate surface area is 108 Å². The van der Waals surface area contributed by atoms with Crippen LogP contribution < -0.4 is 10.6 Å². The molecule has 0 atom stereocenters. The van der Waals surface area contributed by atoms with Crippen molar-refractivity contribution in [2.45, 2.75) is 0 Å². The summed E-state index contributed by atoms with van der Waals surface area (Å²) in [6.07, 6.45) is 0. The zero-order chi connectivity index (χ0) is 12.4. The van der Waals surface area contributed by atoms with E-state index in [1.165, 1.54) is 6.07 Å². The molecular weight excluding hydrogens is 283 g/mol. The SMILES string of the molecule is CN(c1ccccc1)c1cc(F)c(Br)cc1N. The van der Waals surface area contributed by atoms with Crippen molar-refractivity contribution < 1.29 is 4.39 Å². The summed E-state index contributed by atoms with van der Waals surface area (Å²) in [6.45, 7) is 0.